The molecule has 0 spiro atoms. The molecule has 1 saturated heterocycles. The van der Waals surface area contributed by atoms with Crippen LogP contribution in [-0.4, -0.2) is 29.5 Å². The highest BCUT2D eigenvalue weighted by atomic mass is 32.1. The Bertz CT molecular complexity index is 1150. The highest BCUT2D eigenvalue weighted by Gasteiger charge is 2.41. The molecule has 0 radical (unpaired) electrons. The molecule has 6 nitrogen and oxygen atoms in total. The molecule has 0 saturated carbocycles. The van der Waals surface area contributed by atoms with Gasteiger partial charge < -0.3 is 14.8 Å². The number of aromatic nitrogens is 4. The number of hydrogen-bond donors (Lipinski definition) is 1. The van der Waals surface area contributed by atoms with Crippen molar-refractivity contribution >= 4 is 17.3 Å². The molecular weight excluding hydrogens is 404 g/mol. The SMILES string of the molecule is S=C1NC(c2ccccn2)C(c2cccn2Cc2ccccn2)N1Cc1cccnc1. The number of nitrogens with one attached hydrogen (secondary N) is 1. The van der Waals surface area contributed by atoms with Gasteiger partial charge in [0.15, 0.2) is 5.11 Å². The lowest BCUT2D eigenvalue weighted by Gasteiger charge is -2.29. The lowest BCUT2D eigenvalue weighted by molar-refractivity contribution is 0.298. The van der Waals surface area contributed by atoms with Crippen LogP contribution in [0.15, 0.2) is 91.6 Å². The summed E-state index contributed by atoms with van der Waals surface area (Å²) in [6.07, 6.45) is 9.43. The van der Waals surface area contributed by atoms with E-state index in [2.05, 4.69) is 54.1 Å². The van der Waals surface area contributed by atoms with Gasteiger partial charge in [-0.05, 0) is 60.2 Å². The van der Waals surface area contributed by atoms with Crippen LogP contribution in [0.5, 0.6) is 0 Å². The van der Waals surface area contributed by atoms with E-state index in [0.29, 0.717) is 13.1 Å². The molecule has 1 fully saturated rings. The highest BCUT2D eigenvalue weighted by molar-refractivity contribution is 7.80. The lowest BCUT2D eigenvalue weighted by atomic mass is 10.0. The van der Waals surface area contributed by atoms with Crippen molar-refractivity contribution in [2.45, 2.75) is 25.2 Å². The first-order chi connectivity index (χ1) is 15.3. The molecule has 1 N–H and O–H groups in total. The number of thiocarbonyl (C=S) groups is 1. The third kappa shape index (κ3) is 4.04. The molecule has 4 aromatic rings. The van der Waals surface area contributed by atoms with Crippen molar-refractivity contribution in [2.75, 3.05) is 0 Å². The highest BCUT2D eigenvalue weighted by Crippen LogP contribution is 2.39. The Morgan fingerprint density at radius 1 is 0.871 bits per heavy atom. The second-order valence-electron chi connectivity index (χ2n) is 7.50. The normalized spacial score (nSPS) is 18.2. The van der Waals surface area contributed by atoms with Gasteiger partial charge >= 0.3 is 0 Å². The molecule has 0 aliphatic carbocycles. The third-order valence-corrected chi connectivity index (χ3v) is 5.85. The molecule has 1 aliphatic rings. The maximum atomic E-state index is 5.79. The second kappa shape index (κ2) is 8.65. The summed E-state index contributed by atoms with van der Waals surface area (Å²) in [4.78, 5) is 15.6. The van der Waals surface area contributed by atoms with Gasteiger partial charge in [0.25, 0.3) is 0 Å². The standard InChI is InChI=1S/C24H22N6S/c31-24-28-22(20-9-2-4-13-27-20)23(30(24)16-18-7-5-11-25-15-18)21-10-6-14-29(21)17-19-8-1-3-12-26-19/h1-15,22-23H,16-17H2,(H,28,31). The molecule has 0 bridgehead atoms. The first-order valence-corrected chi connectivity index (χ1v) is 10.6. The predicted molar refractivity (Wildman–Crippen MR) is 123 cm³/mol. The molecule has 31 heavy (non-hydrogen) atoms. The quantitative estimate of drug-likeness (QED) is 0.472. The summed E-state index contributed by atoms with van der Waals surface area (Å²) in [5, 5.41) is 4.23. The summed E-state index contributed by atoms with van der Waals surface area (Å²) in [5.74, 6) is 0. The van der Waals surface area contributed by atoms with E-state index < -0.39 is 0 Å². The summed E-state index contributed by atoms with van der Waals surface area (Å²) in [5.41, 5.74) is 4.26. The summed E-state index contributed by atoms with van der Waals surface area (Å²) in [6.45, 7) is 1.37. The zero-order valence-electron chi connectivity index (χ0n) is 16.9. The van der Waals surface area contributed by atoms with Crippen molar-refractivity contribution < 1.29 is 0 Å². The van der Waals surface area contributed by atoms with Crippen molar-refractivity contribution in [1.82, 2.24) is 29.7 Å². The van der Waals surface area contributed by atoms with Crippen LogP contribution >= 0.6 is 12.2 Å². The van der Waals surface area contributed by atoms with E-state index in [0.717, 1.165) is 27.8 Å². The van der Waals surface area contributed by atoms with Gasteiger partial charge in [-0.15, -0.1) is 0 Å². The average molecular weight is 427 g/mol. The molecule has 5 heterocycles. The maximum absolute atomic E-state index is 5.79. The molecule has 4 aromatic heterocycles. The van der Waals surface area contributed by atoms with E-state index in [9.17, 15) is 0 Å². The van der Waals surface area contributed by atoms with Crippen LogP contribution in [0.4, 0.5) is 0 Å². The molecule has 154 valence electrons. The van der Waals surface area contributed by atoms with Gasteiger partial charge in [0.2, 0.25) is 0 Å². The number of hydrogen-bond acceptors (Lipinski definition) is 4. The Labute approximate surface area is 186 Å². The van der Waals surface area contributed by atoms with Crippen molar-refractivity contribution in [2.24, 2.45) is 0 Å². The van der Waals surface area contributed by atoms with E-state index in [1.807, 2.05) is 61.1 Å². The first kappa shape index (κ1) is 19.4. The monoisotopic (exact) mass is 426 g/mol. The van der Waals surface area contributed by atoms with Gasteiger partial charge in [-0.2, -0.15) is 0 Å². The predicted octanol–water partition coefficient (Wildman–Crippen LogP) is 3.89. The van der Waals surface area contributed by atoms with Crippen molar-refractivity contribution in [3.8, 4) is 0 Å². The summed E-state index contributed by atoms with van der Waals surface area (Å²) < 4.78 is 2.24. The van der Waals surface area contributed by atoms with Crippen LogP contribution < -0.4 is 5.32 Å². The fraction of sp³-hybridized carbons (Fsp3) is 0.167. The van der Waals surface area contributed by atoms with Gasteiger partial charge in [-0.3, -0.25) is 15.0 Å². The smallest absolute Gasteiger partial charge is 0.170 e. The first-order valence-electron chi connectivity index (χ1n) is 10.2. The fourth-order valence-corrected chi connectivity index (χ4v) is 4.40. The van der Waals surface area contributed by atoms with Crippen molar-refractivity contribution in [3.63, 3.8) is 0 Å². The second-order valence-corrected chi connectivity index (χ2v) is 7.88. The molecule has 0 amide bonds. The molecule has 7 heteroatoms. The fourth-order valence-electron chi connectivity index (χ4n) is 4.09. The minimum Gasteiger partial charge on any atom is -0.352 e. The zero-order chi connectivity index (χ0) is 21.0. The Kier molecular flexibility index (Phi) is 5.41. The minimum absolute atomic E-state index is 0.0127. The van der Waals surface area contributed by atoms with Crippen LogP contribution in [0, 0.1) is 0 Å². The summed E-state index contributed by atoms with van der Waals surface area (Å²) >= 11 is 5.79. The summed E-state index contributed by atoms with van der Waals surface area (Å²) in [7, 11) is 0. The summed E-state index contributed by atoms with van der Waals surface area (Å²) in [6, 6.07) is 20.2. The third-order valence-electron chi connectivity index (χ3n) is 5.50. The Morgan fingerprint density at radius 2 is 1.74 bits per heavy atom. The average Bonchev–Trinajstić information content (AvgIpc) is 3.40. The molecule has 1 aliphatic heterocycles. The molecule has 2 unspecified atom stereocenters. The Balaban J connectivity index is 1.54. The number of nitrogens with zero attached hydrogens (tertiary/aromatic N) is 5. The van der Waals surface area contributed by atoms with Crippen LogP contribution in [0.25, 0.3) is 0 Å². The van der Waals surface area contributed by atoms with Gasteiger partial charge in [-0.1, -0.05) is 18.2 Å². The zero-order valence-corrected chi connectivity index (χ0v) is 17.7. The lowest BCUT2D eigenvalue weighted by Crippen LogP contribution is -2.30. The van der Waals surface area contributed by atoms with Gasteiger partial charge in [0.1, 0.15) is 0 Å². The Morgan fingerprint density at radius 3 is 2.48 bits per heavy atom. The Hall–Kier alpha value is -3.58. The number of rotatable bonds is 6. The van der Waals surface area contributed by atoms with Crippen molar-refractivity contribution in [1.29, 1.82) is 0 Å². The van der Waals surface area contributed by atoms with Gasteiger partial charge in [0, 0.05) is 43.2 Å². The van der Waals surface area contributed by atoms with Crippen LogP contribution in [0.3, 0.4) is 0 Å². The number of pyridine rings is 3. The molecule has 0 aromatic carbocycles. The maximum Gasteiger partial charge on any atom is 0.170 e. The van der Waals surface area contributed by atoms with Gasteiger partial charge in [-0.25, -0.2) is 0 Å². The molecule has 2 atom stereocenters. The largest absolute Gasteiger partial charge is 0.352 e. The molecule has 5 rings (SSSR count). The minimum atomic E-state index is -0.0530. The van der Waals surface area contributed by atoms with Gasteiger partial charge in [0.05, 0.1) is 30.0 Å². The van der Waals surface area contributed by atoms with Crippen LogP contribution in [0.2, 0.25) is 0 Å². The van der Waals surface area contributed by atoms with E-state index in [4.69, 9.17) is 12.2 Å². The van der Waals surface area contributed by atoms with Crippen LogP contribution in [0.1, 0.15) is 34.7 Å². The molecular formula is C24H22N6S. The van der Waals surface area contributed by atoms with E-state index in [-0.39, 0.29) is 12.1 Å². The van der Waals surface area contributed by atoms with E-state index >= 15 is 0 Å². The van der Waals surface area contributed by atoms with Crippen LogP contribution in [-0.2, 0) is 13.1 Å². The topological polar surface area (TPSA) is 58.9 Å². The van der Waals surface area contributed by atoms with Crippen molar-refractivity contribution in [3.05, 3.63) is 114 Å². The van der Waals surface area contributed by atoms with E-state index in [1.54, 1.807) is 6.20 Å². The van der Waals surface area contributed by atoms with E-state index in [1.165, 1.54) is 0 Å².